The molecule has 2 rings (SSSR count). The van der Waals surface area contributed by atoms with Crippen LogP contribution in [0.1, 0.15) is 23.2 Å². The molecule has 0 bridgehead atoms. The van der Waals surface area contributed by atoms with Crippen LogP contribution in [0.4, 0.5) is 21.7 Å². The van der Waals surface area contributed by atoms with Gasteiger partial charge in [0.1, 0.15) is 12.1 Å². The first kappa shape index (κ1) is 21.0. The number of rotatable bonds is 9. The van der Waals surface area contributed by atoms with Gasteiger partial charge in [-0.25, -0.2) is 14.4 Å². The molecule has 0 aliphatic carbocycles. The molecule has 0 saturated heterocycles. The summed E-state index contributed by atoms with van der Waals surface area (Å²) in [6, 6.07) is 9.08. The van der Waals surface area contributed by atoms with Gasteiger partial charge in [0.25, 0.3) is 5.91 Å². The summed E-state index contributed by atoms with van der Waals surface area (Å²) in [4.78, 5) is 32.1. The largest absolute Gasteiger partial charge is 0.355 e. The molecule has 148 valence electrons. The molecule has 2 aromatic rings. The van der Waals surface area contributed by atoms with Gasteiger partial charge in [0.05, 0.1) is 35.5 Å². The Kier molecular flexibility index (Phi) is 7.33. The second-order valence-electron chi connectivity index (χ2n) is 5.51. The van der Waals surface area contributed by atoms with Crippen LogP contribution >= 0.6 is 0 Å². The average molecular weight is 398 g/mol. The van der Waals surface area contributed by atoms with Crippen LogP contribution in [0, 0.1) is 38.6 Å². The van der Waals surface area contributed by atoms with Gasteiger partial charge >= 0.3 is 5.69 Å². The summed E-state index contributed by atoms with van der Waals surface area (Å²) in [6.07, 6.45) is 1.14. The Hall–Kier alpha value is -4.32. The van der Waals surface area contributed by atoms with Gasteiger partial charge in [-0.2, -0.15) is 10.5 Å². The predicted octanol–water partition coefficient (Wildman–Crippen LogP) is 1.91. The number of nitriles is 2. The highest BCUT2D eigenvalue weighted by Gasteiger charge is 2.27. The maximum Gasteiger partial charge on any atom is 0.355 e. The van der Waals surface area contributed by atoms with E-state index in [0.717, 1.165) is 12.4 Å². The molecule has 0 saturated carbocycles. The number of nitro groups is 1. The number of nitrogens with zero attached hydrogens (tertiary/aromatic N) is 6. The van der Waals surface area contributed by atoms with Crippen LogP contribution in [-0.4, -0.2) is 33.9 Å². The quantitative estimate of drug-likeness (QED) is 0.475. The van der Waals surface area contributed by atoms with Crippen molar-refractivity contribution in [3.8, 4) is 12.1 Å². The minimum absolute atomic E-state index is 0.0549. The van der Waals surface area contributed by atoms with Gasteiger partial charge in [-0.15, -0.1) is 0 Å². The second kappa shape index (κ2) is 10.1. The fourth-order valence-electron chi connectivity index (χ4n) is 2.38. The number of anilines is 2. The number of amides is 1. The number of benzene rings is 1. The zero-order valence-corrected chi connectivity index (χ0v) is 15.0. The van der Waals surface area contributed by atoms with Crippen molar-refractivity contribution in [1.82, 2.24) is 15.4 Å². The Morgan fingerprint density at radius 1 is 1.21 bits per heavy atom. The van der Waals surface area contributed by atoms with E-state index in [1.165, 1.54) is 23.1 Å². The van der Waals surface area contributed by atoms with Gasteiger partial charge in [0.2, 0.25) is 11.6 Å². The van der Waals surface area contributed by atoms with E-state index in [-0.39, 0.29) is 43.1 Å². The van der Waals surface area contributed by atoms with Gasteiger partial charge in [-0.3, -0.25) is 25.8 Å². The van der Waals surface area contributed by atoms with E-state index in [2.05, 4.69) is 20.8 Å². The molecule has 1 heterocycles. The monoisotopic (exact) mass is 398 g/mol. The predicted molar refractivity (Wildman–Crippen MR) is 98.8 cm³/mol. The molecule has 11 nitrogen and oxygen atoms in total. The smallest absolute Gasteiger partial charge is 0.349 e. The minimum Gasteiger partial charge on any atom is -0.349 e. The number of carbonyl (C=O) groups is 1. The van der Waals surface area contributed by atoms with Crippen LogP contribution in [0.5, 0.6) is 0 Å². The molecule has 2 N–H and O–H groups in total. The summed E-state index contributed by atoms with van der Waals surface area (Å²) in [5.74, 6) is -2.06. The van der Waals surface area contributed by atoms with Crippen LogP contribution in [0.2, 0.25) is 0 Å². The zero-order chi connectivity index (χ0) is 21.2. The molecule has 1 aromatic heterocycles. The number of hydrogen-bond donors (Lipinski definition) is 2. The summed E-state index contributed by atoms with van der Waals surface area (Å²) in [5, 5.41) is 29.2. The molecule has 1 aromatic carbocycles. The van der Waals surface area contributed by atoms with Gasteiger partial charge in [-0.05, 0) is 12.1 Å². The third kappa shape index (κ3) is 5.33. The first-order valence-electron chi connectivity index (χ1n) is 8.28. The topological polar surface area (TPSA) is 161 Å². The Labute approximate surface area is 164 Å². The number of aromatic nitrogens is 2. The van der Waals surface area contributed by atoms with Crippen LogP contribution < -0.4 is 15.8 Å². The molecular weight excluding hydrogens is 383 g/mol. The maximum atomic E-state index is 13.7. The highest BCUT2D eigenvalue weighted by molar-refractivity contribution is 5.95. The van der Waals surface area contributed by atoms with Crippen LogP contribution in [0.25, 0.3) is 0 Å². The number of hydrogen-bond acceptors (Lipinski definition) is 9. The molecule has 1 amide bonds. The van der Waals surface area contributed by atoms with E-state index in [4.69, 9.17) is 10.5 Å². The lowest BCUT2D eigenvalue weighted by Gasteiger charge is -2.21. The Morgan fingerprint density at radius 3 is 2.45 bits per heavy atom. The van der Waals surface area contributed by atoms with Crippen molar-refractivity contribution < 1.29 is 14.1 Å². The third-order valence-electron chi connectivity index (χ3n) is 3.69. The van der Waals surface area contributed by atoms with Crippen molar-refractivity contribution in [1.29, 1.82) is 10.5 Å². The number of nitrogens with one attached hydrogen (secondary N) is 2. The minimum atomic E-state index is -0.858. The lowest BCUT2D eigenvalue weighted by Crippen LogP contribution is -2.32. The summed E-state index contributed by atoms with van der Waals surface area (Å²) in [7, 11) is 0. The fraction of sp³-hybridized carbons (Fsp3) is 0.235. The molecule has 12 heteroatoms. The summed E-state index contributed by atoms with van der Waals surface area (Å²) < 4.78 is 13.7. The first-order chi connectivity index (χ1) is 14.0. The van der Waals surface area contributed by atoms with E-state index in [0.29, 0.717) is 0 Å². The Balaban J connectivity index is 2.30. The standard InChI is InChI=1S/C17H15FN8O3/c18-13-6-2-1-5-12(13)17(27)24-23-15-14(26(28)29)16(22-11-21-15)25(9-3-7-19)10-4-8-20/h1-2,5-6,11H,3-4,9-10H2,(H,24,27)(H,21,22,23). The van der Waals surface area contributed by atoms with Gasteiger partial charge < -0.3 is 4.90 Å². The first-order valence-corrected chi connectivity index (χ1v) is 8.28. The molecule has 0 unspecified atom stereocenters. The zero-order valence-electron chi connectivity index (χ0n) is 15.0. The second-order valence-corrected chi connectivity index (χ2v) is 5.51. The van der Waals surface area contributed by atoms with Crippen molar-refractivity contribution in [2.45, 2.75) is 12.8 Å². The highest BCUT2D eigenvalue weighted by atomic mass is 19.1. The fourth-order valence-corrected chi connectivity index (χ4v) is 2.38. The molecule has 0 atom stereocenters. The van der Waals surface area contributed by atoms with Gasteiger partial charge in [0, 0.05) is 13.1 Å². The molecule has 0 spiro atoms. The summed E-state index contributed by atoms with van der Waals surface area (Å²) >= 11 is 0. The van der Waals surface area contributed by atoms with E-state index in [1.807, 2.05) is 12.1 Å². The SMILES string of the molecule is N#CCCN(CCC#N)c1ncnc(NNC(=O)c2ccccc2F)c1[N+](=O)[O-]. The van der Waals surface area contributed by atoms with Crippen molar-refractivity contribution >= 4 is 23.2 Å². The number of halogens is 1. The van der Waals surface area contributed by atoms with Crippen molar-refractivity contribution in [2.24, 2.45) is 0 Å². The number of hydrazine groups is 1. The van der Waals surface area contributed by atoms with Crippen LogP contribution in [-0.2, 0) is 0 Å². The average Bonchev–Trinajstić information content (AvgIpc) is 2.72. The lowest BCUT2D eigenvalue weighted by atomic mass is 10.2. The molecule has 29 heavy (non-hydrogen) atoms. The summed E-state index contributed by atoms with van der Waals surface area (Å²) in [5.41, 5.74) is 3.65. The molecule has 0 aliphatic heterocycles. The Morgan fingerprint density at radius 2 is 1.86 bits per heavy atom. The van der Waals surface area contributed by atoms with Crippen molar-refractivity contribution in [3.05, 3.63) is 52.1 Å². The van der Waals surface area contributed by atoms with Crippen LogP contribution in [0.3, 0.4) is 0 Å². The van der Waals surface area contributed by atoms with Crippen molar-refractivity contribution in [3.63, 3.8) is 0 Å². The highest BCUT2D eigenvalue weighted by Crippen LogP contribution is 2.31. The summed E-state index contributed by atoms with van der Waals surface area (Å²) in [6.45, 7) is 0.216. The van der Waals surface area contributed by atoms with E-state index < -0.39 is 22.3 Å². The van der Waals surface area contributed by atoms with E-state index in [1.54, 1.807) is 0 Å². The molecule has 0 radical (unpaired) electrons. The van der Waals surface area contributed by atoms with E-state index >= 15 is 0 Å². The normalized spacial score (nSPS) is 9.76. The molecule has 0 aliphatic rings. The van der Waals surface area contributed by atoms with Crippen LogP contribution in [0.15, 0.2) is 30.6 Å². The third-order valence-corrected chi connectivity index (χ3v) is 3.69. The number of carbonyl (C=O) groups excluding carboxylic acids is 1. The lowest BCUT2D eigenvalue weighted by molar-refractivity contribution is -0.383. The van der Waals surface area contributed by atoms with E-state index in [9.17, 15) is 19.3 Å². The maximum absolute atomic E-state index is 13.7. The van der Waals surface area contributed by atoms with Gasteiger partial charge in [-0.1, -0.05) is 12.1 Å². The molecule has 0 fully saturated rings. The Bertz CT molecular complexity index is 967. The van der Waals surface area contributed by atoms with Crippen molar-refractivity contribution in [2.75, 3.05) is 23.4 Å². The molecular formula is C17H15FN8O3. The van der Waals surface area contributed by atoms with Gasteiger partial charge in [0.15, 0.2) is 0 Å².